The van der Waals surface area contributed by atoms with E-state index in [2.05, 4.69) is 50.4 Å². The van der Waals surface area contributed by atoms with E-state index in [1.807, 2.05) is 74.5 Å². The molecule has 9 heteroatoms. The number of fused-ring (bicyclic) bond motifs is 1. The molecule has 1 unspecified atom stereocenters. The Morgan fingerprint density at radius 3 is 2.54 bits per heavy atom. The van der Waals surface area contributed by atoms with Gasteiger partial charge in [-0.15, -0.1) is 10.2 Å². The van der Waals surface area contributed by atoms with E-state index >= 15 is 0 Å². The Kier molecular flexibility index (Phi) is 7.50. The second kappa shape index (κ2) is 11.2. The summed E-state index contributed by atoms with van der Waals surface area (Å²) in [4.78, 5) is 28.4. The largest absolute Gasteiger partial charge is 0.507 e. The summed E-state index contributed by atoms with van der Waals surface area (Å²) in [5.74, 6) is -1.02. The zero-order valence-electron chi connectivity index (χ0n) is 22.2. The third-order valence-corrected chi connectivity index (χ3v) is 9.74. The SMILES string of the molecule is Cc1ccc(C)c(/C(O)=C2\C(=O)C(=O)N(c3nnc(SCc4cccc5ccccc45)s3)C2c2ccc(Br)cc2)c1. The van der Waals surface area contributed by atoms with Gasteiger partial charge in [-0.1, -0.05) is 111 Å². The number of carbonyl (C=O) groups is 2. The lowest BCUT2D eigenvalue weighted by atomic mass is 9.93. The fourth-order valence-electron chi connectivity index (χ4n) is 5.04. The minimum Gasteiger partial charge on any atom is -0.507 e. The third-order valence-electron chi connectivity index (χ3n) is 7.11. The number of halogens is 1. The van der Waals surface area contributed by atoms with Gasteiger partial charge in [-0.3, -0.25) is 14.5 Å². The van der Waals surface area contributed by atoms with Gasteiger partial charge in [-0.2, -0.15) is 0 Å². The number of hydrogen-bond donors (Lipinski definition) is 1. The Morgan fingerprint density at radius 1 is 0.976 bits per heavy atom. The van der Waals surface area contributed by atoms with Crippen LogP contribution in [0.1, 0.15) is 33.9 Å². The Balaban J connectivity index is 1.38. The highest BCUT2D eigenvalue weighted by molar-refractivity contribution is 9.10. The first kappa shape index (κ1) is 27.4. The molecular formula is C32H24BrN3O3S2. The number of ketones is 1. The lowest BCUT2D eigenvalue weighted by Gasteiger charge is -2.22. The van der Waals surface area contributed by atoms with Crippen LogP contribution in [0.15, 0.2) is 99.3 Å². The van der Waals surface area contributed by atoms with E-state index < -0.39 is 17.7 Å². The maximum atomic E-state index is 13.5. The predicted octanol–water partition coefficient (Wildman–Crippen LogP) is 7.99. The summed E-state index contributed by atoms with van der Waals surface area (Å²) in [6.45, 7) is 3.78. The first-order chi connectivity index (χ1) is 19.8. The summed E-state index contributed by atoms with van der Waals surface area (Å²) < 4.78 is 1.54. The van der Waals surface area contributed by atoms with Gasteiger partial charge in [0.2, 0.25) is 5.13 Å². The molecular weight excluding hydrogens is 618 g/mol. The van der Waals surface area contributed by atoms with Crippen LogP contribution in [0.25, 0.3) is 16.5 Å². The Morgan fingerprint density at radius 2 is 1.73 bits per heavy atom. The normalized spacial score (nSPS) is 16.6. The van der Waals surface area contributed by atoms with Crippen LogP contribution in [0.3, 0.4) is 0 Å². The van der Waals surface area contributed by atoms with Crippen LogP contribution in [0.2, 0.25) is 0 Å². The third kappa shape index (κ3) is 5.21. The van der Waals surface area contributed by atoms with Gasteiger partial charge in [0, 0.05) is 15.8 Å². The molecule has 1 aliphatic heterocycles. The van der Waals surface area contributed by atoms with Crippen LogP contribution in [-0.4, -0.2) is 27.0 Å². The Hall–Kier alpha value is -3.79. The van der Waals surface area contributed by atoms with Gasteiger partial charge in [0.1, 0.15) is 5.76 Å². The van der Waals surface area contributed by atoms with Gasteiger partial charge in [-0.25, -0.2) is 0 Å². The Labute approximate surface area is 253 Å². The number of rotatable bonds is 6. The van der Waals surface area contributed by atoms with Gasteiger partial charge in [0.25, 0.3) is 5.78 Å². The van der Waals surface area contributed by atoms with Crippen molar-refractivity contribution in [3.8, 4) is 0 Å². The van der Waals surface area contributed by atoms with Gasteiger partial charge in [-0.05, 0) is 59.5 Å². The molecule has 4 aromatic carbocycles. The van der Waals surface area contributed by atoms with E-state index in [9.17, 15) is 14.7 Å². The maximum Gasteiger partial charge on any atom is 0.301 e. The van der Waals surface area contributed by atoms with E-state index in [-0.39, 0.29) is 11.3 Å². The number of carbonyl (C=O) groups excluding carboxylic acids is 2. The zero-order chi connectivity index (χ0) is 28.7. The quantitative estimate of drug-likeness (QED) is 0.0665. The average Bonchev–Trinajstić information content (AvgIpc) is 3.55. The van der Waals surface area contributed by atoms with E-state index in [4.69, 9.17) is 0 Å². The van der Waals surface area contributed by atoms with Crippen molar-refractivity contribution in [3.63, 3.8) is 0 Å². The van der Waals surface area contributed by atoms with Gasteiger partial charge in [0.05, 0.1) is 11.6 Å². The number of nitrogens with zero attached hydrogens (tertiary/aromatic N) is 3. The smallest absolute Gasteiger partial charge is 0.301 e. The molecule has 1 fully saturated rings. The second-order valence-corrected chi connectivity index (χ2v) is 12.9. The van der Waals surface area contributed by atoms with Crippen LogP contribution in [0, 0.1) is 13.8 Å². The lowest BCUT2D eigenvalue weighted by molar-refractivity contribution is -0.132. The molecule has 0 radical (unpaired) electrons. The molecule has 41 heavy (non-hydrogen) atoms. The second-order valence-electron chi connectivity index (χ2n) is 9.82. The highest BCUT2D eigenvalue weighted by Gasteiger charge is 2.48. The maximum absolute atomic E-state index is 13.5. The minimum absolute atomic E-state index is 0.0335. The van der Waals surface area contributed by atoms with Crippen molar-refractivity contribution in [1.29, 1.82) is 0 Å². The van der Waals surface area contributed by atoms with Gasteiger partial charge in [0.15, 0.2) is 4.34 Å². The number of anilines is 1. The standard InChI is InChI=1S/C32H24BrN3O3S2/c1-18-10-11-19(2)25(16-18)28(37)26-27(21-12-14-23(33)15-13-21)36(30(39)29(26)38)31-34-35-32(41-31)40-17-22-8-5-7-20-6-3-4-9-24(20)22/h3-16,27,37H,17H2,1-2H3/b28-26+. The number of aliphatic hydroxyl groups is 1. The zero-order valence-corrected chi connectivity index (χ0v) is 25.4. The number of amides is 1. The van der Waals surface area contributed by atoms with E-state index in [0.29, 0.717) is 26.4 Å². The molecule has 0 spiro atoms. The summed E-state index contributed by atoms with van der Waals surface area (Å²) in [5, 5.41) is 22.8. The molecule has 1 aliphatic rings. The first-order valence-corrected chi connectivity index (χ1v) is 15.5. The number of benzene rings is 4. The van der Waals surface area contributed by atoms with Gasteiger partial charge < -0.3 is 5.11 Å². The molecule has 1 N–H and O–H groups in total. The van der Waals surface area contributed by atoms with E-state index in [0.717, 1.165) is 15.6 Å². The summed E-state index contributed by atoms with van der Waals surface area (Å²) >= 11 is 6.25. The van der Waals surface area contributed by atoms with Crippen LogP contribution in [0.5, 0.6) is 0 Å². The lowest BCUT2D eigenvalue weighted by Crippen LogP contribution is -2.29. The van der Waals surface area contributed by atoms with Crippen LogP contribution < -0.4 is 4.90 Å². The predicted molar refractivity (Wildman–Crippen MR) is 168 cm³/mol. The molecule has 5 aromatic rings. The summed E-state index contributed by atoms with van der Waals surface area (Å²) in [6, 6.07) is 26.6. The molecule has 1 amide bonds. The summed E-state index contributed by atoms with van der Waals surface area (Å²) in [6.07, 6.45) is 0. The van der Waals surface area contributed by atoms with Crippen LogP contribution in [-0.2, 0) is 15.3 Å². The number of hydrogen-bond acceptors (Lipinski definition) is 7. The molecule has 6 nitrogen and oxygen atoms in total. The monoisotopic (exact) mass is 641 g/mol. The van der Waals surface area contributed by atoms with Crippen molar-refractivity contribution in [3.05, 3.63) is 123 Å². The van der Waals surface area contributed by atoms with Crippen LogP contribution >= 0.6 is 39.0 Å². The molecule has 6 rings (SSSR count). The molecule has 204 valence electrons. The molecule has 1 saturated heterocycles. The summed E-state index contributed by atoms with van der Waals surface area (Å²) in [5.41, 5.74) is 4.15. The fraction of sp³-hybridized carbons (Fsp3) is 0.125. The highest BCUT2D eigenvalue weighted by atomic mass is 79.9. The van der Waals surface area contributed by atoms with Gasteiger partial charge >= 0.3 is 5.91 Å². The first-order valence-electron chi connectivity index (χ1n) is 12.9. The molecule has 0 aliphatic carbocycles. The van der Waals surface area contributed by atoms with Crippen molar-refractivity contribution in [2.24, 2.45) is 0 Å². The van der Waals surface area contributed by atoms with Crippen molar-refractivity contribution in [2.75, 3.05) is 4.90 Å². The summed E-state index contributed by atoms with van der Waals surface area (Å²) in [7, 11) is 0. The van der Waals surface area contributed by atoms with Crippen molar-refractivity contribution in [2.45, 2.75) is 30.0 Å². The minimum atomic E-state index is -0.855. The molecule has 1 atom stereocenters. The van der Waals surface area contributed by atoms with E-state index in [1.54, 1.807) is 0 Å². The fourth-order valence-corrected chi connectivity index (χ4v) is 7.18. The highest BCUT2D eigenvalue weighted by Crippen LogP contribution is 2.44. The van der Waals surface area contributed by atoms with E-state index in [1.165, 1.54) is 44.3 Å². The Bertz CT molecular complexity index is 1840. The van der Waals surface area contributed by atoms with Crippen LogP contribution in [0.4, 0.5) is 5.13 Å². The van der Waals surface area contributed by atoms with Crippen molar-refractivity contribution < 1.29 is 14.7 Å². The molecule has 0 saturated carbocycles. The molecule has 0 bridgehead atoms. The number of aryl methyl sites for hydroxylation is 2. The topological polar surface area (TPSA) is 83.4 Å². The molecule has 2 heterocycles. The average molecular weight is 643 g/mol. The number of thioether (sulfide) groups is 1. The number of aliphatic hydroxyl groups excluding tert-OH is 1. The molecule has 1 aromatic heterocycles. The van der Waals surface area contributed by atoms with Crippen molar-refractivity contribution >= 4 is 72.4 Å². The van der Waals surface area contributed by atoms with Crippen molar-refractivity contribution in [1.82, 2.24) is 10.2 Å². The number of Topliss-reactive ketones (excluding diaryl/α,β-unsaturated/α-hetero) is 1. The number of aromatic nitrogens is 2.